The summed E-state index contributed by atoms with van der Waals surface area (Å²) in [7, 11) is 1.61. The summed E-state index contributed by atoms with van der Waals surface area (Å²) in [5.74, 6) is -0.0465. The maximum Gasteiger partial charge on any atom is 0.266 e. The zero-order valence-corrected chi connectivity index (χ0v) is 12.7. The van der Waals surface area contributed by atoms with Gasteiger partial charge in [-0.1, -0.05) is 66.5 Å². The number of thioether (sulfide) groups is 1. The molecular formula is C15H15NO2S2. The van der Waals surface area contributed by atoms with E-state index in [4.69, 9.17) is 17.0 Å². The number of allylic oxidation sites excluding steroid dienone is 2. The van der Waals surface area contributed by atoms with Gasteiger partial charge >= 0.3 is 0 Å². The lowest BCUT2D eigenvalue weighted by Gasteiger charge is -2.12. The summed E-state index contributed by atoms with van der Waals surface area (Å²) in [6.45, 7) is 0.987. The molecule has 1 amide bonds. The maximum absolute atomic E-state index is 12.1. The Balaban J connectivity index is 2.03. The molecule has 1 heterocycles. The third-order valence-electron chi connectivity index (χ3n) is 2.73. The number of methoxy groups -OCH3 is 1. The standard InChI is InChI=1S/C15H15NO2S2/c1-18-11-10-16-14(17)13(20-15(16)19)9-5-8-12-6-3-2-4-7-12/h2-9H,10-11H2,1H3/b8-5+,13-9+. The molecule has 0 aliphatic carbocycles. The van der Waals surface area contributed by atoms with Crippen LogP contribution in [0.25, 0.3) is 6.08 Å². The van der Waals surface area contributed by atoms with Crippen molar-refractivity contribution in [3.8, 4) is 0 Å². The fraction of sp³-hybridized carbons (Fsp3) is 0.200. The first-order valence-electron chi connectivity index (χ1n) is 6.18. The number of benzene rings is 1. The van der Waals surface area contributed by atoms with Crippen molar-refractivity contribution in [2.45, 2.75) is 0 Å². The summed E-state index contributed by atoms with van der Waals surface area (Å²) < 4.78 is 5.57. The van der Waals surface area contributed by atoms with Gasteiger partial charge in [0.2, 0.25) is 0 Å². The summed E-state index contributed by atoms with van der Waals surface area (Å²) in [4.78, 5) is 14.4. The summed E-state index contributed by atoms with van der Waals surface area (Å²) >= 11 is 6.53. The van der Waals surface area contributed by atoms with Gasteiger partial charge in [-0.15, -0.1) is 0 Å². The molecule has 2 rings (SSSR count). The van der Waals surface area contributed by atoms with Crippen molar-refractivity contribution in [3.63, 3.8) is 0 Å². The Morgan fingerprint density at radius 2 is 2.10 bits per heavy atom. The van der Waals surface area contributed by atoms with Crippen LogP contribution < -0.4 is 0 Å². The lowest BCUT2D eigenvalue weighted by molar-refractivity contribution is -0.122. The van der Waals surface area contributed by atoms with Gasteiger partial charge in [-0.2, -0.15) is 0 Å². The molecular weight excluding hydrogens is 290 g/mol. The average Bonchev–Trinajstić information content (AvgIpc) is 2.73. The number of carbonyl (C=O) groups excluding carboxylic acids is 1. The van der Waals surface area contributed by atoms with Crippen LogP contribution in [0, 0.1) is 0 Å². The highest BCUT2D eigenvalue weighted by atomic mass is 32.2. The van der Waals surface area contributed by atoms with E-state index in [9.17, 15) is 4.79 Å². The smallest absolute Gasteiger partial charge is 0.266 e. The molecule has 0 N–H and O–H groups in total. The molecule has 1 aliphatic heterocycles. The molecule has 20 heavy (non-hydrogen) atoms. The minimum atomic E-state index is -0.0465. The van der Waals surface area contributed by atoms with E-state index < -0.39 is 0 Å². The summed E-state index contributed by atoms with van der Waals surface area (Å²) in [6.07, 6.45) is 5.64. The molecule has 1 aromatic rings. The van der Waals surface area contributed by atoms with Crippen LogP contribution >= 0.6 is 24.0 Å². The molecule has 0 unspecified atom stereocenters. The second kappa shape index (κ2) is 7.38. The van der Waals surface area contributed by atoms with Gasteiger partial charge in [0.25, 0.3) is 5.91 Å². The first-order valence-corrected chi connectivity index (χ1v) is 7.41. The summed E-state index contributed by atoms with van der Waals surface area (Å²) in [5, 5.41) is 0. The van der Waals surface area contributed by atoms with Gasteiger partial charge in [0.05, 0.1) is 18.1 Å². The number of ether oxygens (including phenoxy) is 1. The Bertz CT molecular complexity index is 552. The number of carbonyl (C=O) groups is 1. The Kier molecular flexibility index (Phi) is 5.52. The van der Waals surface area contributed by atoms with Gasteiger partial charge in [0.1, 0.15) is 4.32 Å². The van der Waals surface area contributed by atoms with Crippen LogP contribution in [0.5, 0.6) is 0 Å². The van der Waals surface area contributed by atoms with Crippen LogP contribution in [0.2, 0.25) is 0 Å². The van der Waals surface area contributed by atoms with Gasteiger partial charge in [-0.25, -0.2) is 0 Å². The molecule has 104 valence electrons. The van der Waals surface area contributed by atoms with E-state index in [1.807, 2.05) is 42.5 Å². The minimum absolute atomic E-state index is 0.0465. The number of nitrogens with zero attached hydrogens (tertiary/aromatic N) is 1. The number of hydrogen-bond donors (Lipinski definition) is 0. The van der Waals surface area contributed by atoms with Gasteiger partial charge in [-0.3, -0.25) is 9.69 Å². The van der Waals surface area contributed by atoms with Crippen molar-refractivity contribution in [2.75, 3.05) is 20.3 Å². The number of rotatable bonds is 5. The minimum Gasteiger partial charge on any atom is -0.383 e. The van der Waals surface area contributed by atoms with E-state index in [2.05, 4.69) is 0 Å². The van der Waals surface area contributed by atoms with E-state index in [0.717, 1.165) is 5.56 Å². The average molecular weight is 305 g/mol. The summed E-state index contributed by atoms with van der Waals surface area (Å²) in [6, 6.07) is 9.94. The predicted octanol–water partition coefficient (Wildman–Crippen LogP) is 3.09. The fourth-order valence-electron chi connectivity index (χ4n) is 1.70. The van der Waals surface area contributed by atoms with Crippen LogP contribution in [0.15, 0.2) is 47.4 Å². The Labute approximate surface area is 128 Å². The highest BCUT2D eigenvalue weighted by molar-refractivity contribution is 8.26. The van der Waals surface area contributed by atoms with Crippen LogP contribution in [-0.4, -0.2) is 35.4 Å². The fourth-order valence-corrected chi connectivity index (χ4v) is 2.96. The molecule has 1 aromatic carbocycles. The monoisotopic (exact) mass is 305 g/mol. The van der Waals surface area contributed by atoms with Crippen molar-refractivity contribution in [3.05, 3.63) is 53.0 Å². The normalized spacial score (nSPS) is 17.6. The first kappa shape index (κ1) is 15.0. The molecule has 0 bridgehead atoms. The van der Waals surface area contributed by atoms with E-state index in [1.165, 1.54) is 11.8 Å². The van der Waals surface area contributed by atoms with Crippen LogP contribution in [0.3, 0.4) is 0 Å². The van der Waals surface area contributed by atoms with Gasteiger partial charge in [0.15, 0.2) is 0 Å². The predicted molar refractivity (Wildman–Crippen MR) is 87.3 cm³/mol. The molecule has 3 nitrogen and oxygen atoms in total. The zero-order valence-electron chi connectivity index (χ0n) is 11.1. The van der Waals surface area contributed by atoms with Crippen molar-refractivity contribution < 1.29 is 9.53 Å². The van der Waals surface area contributed by atoms with E-state index >= 15 is 0 Å². The van der Waals surface area contributed by atoms with Crippen molar-refractivity contribution in [2.24, 2.45) is 0 Å². The molecule has 0 atom stereocenters. The van der Waals surface area contributed by atoms with Gasteiger partial charge in [0, 0.05) is 7.11 Å². The SMILES string of the molecule is COCCN1C(=O)/C(=C\C=C\c2ccccc2)SC1=S. The van der Waals surface area contributed by atoms with Gasteiger partial charge < -0.3 is 4.74 Å². The van der Waals surface area contributed by atoms with Crippen molar-refractivity contribution in [1.82, 2.24) is 4.90 Å². The molecule has 1 aliphatic rings. The molecule has 0 radical (unpaired) electrons. The van der Waals surface area contributed by atoms with E-state index in [0.29, 0.717) is 22.4 Å². The van der Waals surface area contributed by atoms with E-state index in [1.54, 1.807) is 18.1 Å². The molecule has 0 aromatic heterocycles. The Hall–Kier alpha value is -1.43. The number of amides is 1. The van der Waals surface area contributed by atoms with Crippen LogP contribution in [-0.2, 0) is 9.53 Å². The van der Waals surface area contributed by atoms with Crippen LogP contribution in [0.4, 0.5) is 0 Å². The lowest BCUT2D eigenvalue weighted by Crippen LogP contribution is -2.31. The van der Waals surface area contributed by atoms with E-state index in [-0.39, 0.29) is 5.91 Å². The highest BCUT2D eigenvalue weighted by Gasteiger charge is 2.30. The molecule has 0 spiro atoms. The Morgan fingerprint density at radius 1 is 1.35 bits per heavy atom. The second-order valence-electron chi connectivity index (χ2n) is 4.12. The maximum atomic E-state index is 12.1. The largest absolute Gasteiger partial charge is 0.383 e. The number of hydrogen-bond acceptors (Lipinski definition) is 4. The third-order valence-corrected chi connectivity index (χ3v) is 4.12. The number of thiocarbonyl (C=S) groups is 1. The third kappa shape index (κ3) is 3.79. The first-order chi connectivity index (χ1) is 9.72. The van der Waals surface area contributed by atoms with Crippen molar-refractivity contribution >= 4 is 40.3 Å². The summed E-state index contributed by atoms with van der Waals surface area (Å²) in [5.41, 5.74) is 1.10. The molecule has 5 heteroatoms. The lowest BCUT2D eigenvalue weighted by atomic mass is 10.2. The highest BCUT2D eigenvalue weighted by Crippen LogP contribution is 2.30. The zero-order chi connectivity index (χ0) is 14.4. The Morgan fingerprint density at radius 3 is 2.80 bits per heavy atom. The topological polar surface area (TPSA) is 29.5 Å². The molecule has 1 saturated heterocycles. The van der Waals surface area contributed by atoms with Gasteiger partial charge in [-0.05, 0) is 11.6 Å². The molecule has 1 fully saturated rings. The quantitative estimate of drug-likeness (QED) is 0.617. The van der Waals surface area contributed by atoms with Crippen LogP contribution in [0.1, 0.15) is 5.56 Å². The second-order valence-corrected chi connectivity index (χ2v) is 5.79. The van der Waals surface area contributed by atoms with Crippen molar-refractivity contribution in [1.29, 1.82) is 0 Å². The molecule has 0 saturated carbocycles.